The van der Waals surface area contributed by atoms with Crippen molar-refractivity contribution in [2.75, 3.05) is 5.32 Å². The van der Waals surface area contributed by atoms with Crippen LogP contribution in [0.3, 0.4) is 0 Å². The number of aromatic nitrogens is 2. The highest BCUT2D eigenvalue weighted by Crippen LogP contribution is 2.18. The first kappa shape index (κ1) is 11.7. The van der Waals surface area contributed by atoms with Crippen LogP contribution in [0.25, 0.3) is 0 Å². The summed E-state index contributed by atoms with van der Waals surface area (Å²) in [5.41, 5.74) is 4.62. The van der Waals surface area contributed by atoms with Crippen molar-refractivity contribution in [1.29, 1.82) is 0 Å². The van der Waals surface area contributed by atoms with Crippen LogP contribution in [0.4, 0.5) is 5.69 Å². The molecule has 0 spiro atoms. The Labute approximate surface area is 102 Å². The van der Waals surface area contributed by atoms with E-state index in [4.69, 9.17) is 0 Å². The second-order valence-corrected chi connectivity index (χ2v) is 4.54. The van der Waals surface area contributed by atoms with E-state index in [9.17, 15) is 0 Å². The monoisotopic (exact) mass is 229 g/mol. The predicted octanol–water partition coefficient (Wildman–Crippen LogP) is 3.07. The van der Waals surface area contributed by atoms with E-state index in [1.54, 1.807) is 0 Å². The van der Waals surface area contributed by atoms with Crippen molar-refractivity contribution in [3.8, 4) is 0 Å². The van der Waals surface area contributed by atoms with Gasteiger partial charge >= 0.3 is 0 Å². The van der Waals surface area contributed by atoms with Crippen LogP contribution in [-0.4, -0.2) is 16.2 Å². The maximum atomic E-state index is 4.19. The zero-order valence-corrected chi connectivity index (χ0v) is 10.6. The van der Waals surface area contributed by atoms with Crippen LogP contribution in [0, 0.1) is 13.8 Å². The molecular formula is C14H19N3. The predicted molar refractivity (Wildman–Crippen MR) is 71.3 cm³/mol. The lowest BCUT2D eigenvalue weighted by atomic mass is 10.1. The van der Waals surface area contributed by atoms with Gasteiger partial charge in [-0.2, -0.15) is 5.10 Å². The fraction of sp³-hybridized carbons (Fsp3) is 0.357. The van der Waals surface area contributed by atoms with Crippen molar-refractivity contribution < 1.29 is 0 Å². The molecule has 90 valence electrons. The Balaban J connectivity index is 2.01. The van der Waals surface area contributed by atoms with Crippen LogP contribution in [-0.2, 0) is 6.42 Å². The molecule has 1 heterocycles. The number of anilines is 1. The highest BCUT2D eigenvalue weighted by atomic mass is 15.2. The normalized spacial score (nSPS) is 12.4. The van der Waals surface area contributed by atoms with Gasteiger partial charge in [0.25, 0.3) is 0 Å². The number of benzene rings is 1. The van der Waals surface area contributed by atoms with E-state index in [0.29, 0.717) is 6.04 Å². The Morgan fingerprint density at radius 2 is 1.94 bits per heavy atom. The Bertz CT molecular complexity index is 454. The zero-order chi connectivity index (χ0) is 12.3. The molecule has 0 saturated heterocycles. The van der Waals surface area contributed by atoms with Crippen molar-refractivity contribution in [3.63, 3.8) is 0 Å². The van der Waals surface area contributed by atoms with E-state index in [-0.39, 0.29) is 0 Å². The molecule has 0 aliphatic carbocycles. The number of rotatable bonds is 4. The van der Waals surface area contributed by atoms with Crippen LogP contribution in [0.2, 0.25) is 0 Å². The van der Waals surface area contributed by atoms with E-state index in [0.717, 1.165) is 23.5 Å². The first-order valence-corrected chi connectivity index (χ1v) is 5.99. The standard InChI is InChI=1S/C14H19N3/c1-10(9-13-7-5-4-6-8-13)15-14-11(2)16-17-12(14)3/h4-8,10,15H,9H2,1-3H3,(H,16,17). The maximum Gasteiger partial charge on any atom is 0.0825 e. The lowest BCUT2D eigenvalue weighted by Crippen LogP contribution is -2.18. The summed E-state index contributed by atoms with van der Waals surface area (Å²) in [6.45, 7) is 6.25. The summed E-state index contributed by atoms with van der Waals surface area (Å²) in [7, 11) is 0. The molecule has 17 heavy (non-hydrogen) atoms. The summed E-state index contributed by atoms with van der Waals surface area (Å²) >= 11 is 0. The number of hydrogen-bond donors (Lipinski definition) is 2. The molecule has 0 saturated carbocycles. The molecule has 3 nitrogen and oxygen atoms in total. The van der Waals surface area contributed by atoms with Gasteiger partial charge in [0, 0.05) is 6.04 Å². The molecule has 2 rings (SSSR count). The van der Waals surface area contributed by atoms with Crippen molar-refractivity contribution in [3.05, 3.63) is 47.3 Å². The number of aryl methyl sites for hydroxylation is 2. The van der Waals surface area contributed by atoms with E-state index in [1.165, 1.54) is 5.56 Å². The van der Waals surface area contributed by atoms with Gasteiger partial charge in [-0.1, -0.05) is 30.3 Å². The number of H-pyrrole nitrogens is 1. The first-order chi connectivity index (χ1) is 8.16. The summed E-state index contributed by atoms with van der Waals surface area (Å²) < 4.78 is 0. The van der Waals surface area contributed by atoms with Gasteiger partial charge in [0.15, 0.2) is 0 Å². The molecule has 0 amide bonds. The van der Waals surface area contributed by atoms with E-state index < -0.39 is 0 Å². The quantitative estimate of drug-likeness (QED) is 0.846. The lowest BCUT2D eigenvalue weighted by Gasteiger charge is -2.15. The van der Waals surface area contributed by atoms with Gasteiger partial charge in [-0.25, -0.2) is 0 Å². The fourth-order valence-electron chi connectivity index (χ4n) is 2.03. The average Bonchev–Trinajstić information content (AvgIpc) is 2.62. The van der Waals surface area contributed by atoms with E-state index in [1.807, 2.05) is 19.9 Å². The molecule has 1 aromatic heterocycles. The molecule has 3 heteroatoms. The summed E-state index contributed by atoms with van der Waals surface area (Å²) in [4.78, 5) is 0. The van der Waals surface area contributed by atoms with E-state index in [2.05, 4.69) is 46.7 Å². The molecule has 1 aromatic carbocycles. The second-order valence-electron chi connectivity index (χ2n) is 4.54. The van der Waals surface area contributed by atoms with Gasteiger partial charge < -0.3 is 5.32 Å². The molecule has 0 fully saturated rings. The molecule has 1 atom stereocenters. The number of hydrogen-bond acceptors (Lipinski definition) is 2. The minimum absolute atomic E-state index is 0.396. The van der Waals surface area contributed by atoms with Crippen molar-refractivity contribution in [2.24, 2.45) is 0 Å². The van der Waals surface area contributed by atoms with Crippen LogP contribution in [0.15, 0.2) is 30.3 Å². The molecule has 0 aliphatic rings. The number of nitrogens with zero attached hydrogens (tertiary/aromatic N) is 1. The van der Waals surface area contributed by atoms with Crippen molar-refractivity contribution in [1.82, 2.24) is 10.2 Å². The summed E-state index contributed by atoms with van der Waals surface area (Å²) in [5, 5.41) is 10.7. The third-order valence-electron chi connectivity index (χ3n) is 2.90. The Kier molecular flexibility index (Phi) is 3.47. The van der Waals surface area contributed by atoms with Crippen LogP contribution in [0.5, 0.6) is 0 Å². The lowest BCUT2D eigenvalue weighted by molar-refractivity contribution is 0.788. The fourth-order valence-corrected chi connectivity index (χ4v) is 2.03. The molecule has 0 radical (unpaired) electrons. The van der Waals surface area contributed by atoms with Crippen LogP contribution < -0.4 is 5.32 Å². The second kappa shape index (κ2) is 5.04. The topological polar surface area (TPSA) is 40.7 Å². The van der Waals surface area contributed by atoms with Gasteiger partial charge in [0.05, 0.1) is 17.1 Å². The van der Waals surface area contributed by atoms with Crippen molar-refractivity contribution >= 4 is 5.69 Å². The number of nitrogens with one attached hydrogen (secondary N) is 2. The first-order valence-electron chi connectivity index (χ1n) is 5.99. The Morgan fingerprint density at radius 3 is 2.53 bits per heavy atom. The summed E-state index contributed by atoms with van der Waals surface area (Å²) in [6.07, 6.45) is 1.02. The van der Waals surface area contributed by atoms with Gasteiger partial charge in [0.1, 0.15) is 0 Å². The summed E-state index contributed by atoms with van der Waals surface area (Å²) in [6, 6.07) is 10.9. The average molecular weight is 229 g/mol. The van der Waals surface area contributed by atoms with Gasteiger partial charge in [0.2, 0.25) is 0 Å². The van der Waals surface area contributed by atoms with Crippen molar-refractivity contribution in [2.45, 2.75) is 33.2 Å². The van der Waals surface area contributed by atoms with Gasteiger partial charge in [-0.05, 0) is 32.8 Å². The third-order valence-corrected chi connectivity index (χ3v) is 2.90. The zero-order valence-electron chi connectivity index (χ0n) is 10.6. The van der Waals surface area contributed by atoms with Crippen LogP contribution >= 0.6 is 0 Å². The van der Waals surface area contributed by atoms with Gasteiger partial charge in [-0.3, -0.25) is 5.10 Å². The highest BCUT2D eigenvalue weighted by Gasteiger charge is 2.09. The smallest absolute Gasteiger partial charge is 0.0825 e. The minimum atomic E-state index is 0.396. The van der Waals surface area contributed by atoms with Gasteiger partial charge in [-0.15, -0.1) is 0 Å². The Hall–Kier alpha value is -1.77. The maximum absolute atomic E-state index is 4.19. The molecule has 1 unspecified atom stereocenters. The van der Waals surface area contributed by atoms with Crippen LogP contribution in [0.1, 0.15) is 23.9 Å². The third kappa shape index (κ3) is 2.87. The summed E-state index contributed by atoms with van der Waals surface area (Å²) in [5.74, 6) is 0. The SMILES string of the molecule is Cc1n[nH]c(C)c1NC(C)Cc1ccccc1. The molecule has 0 bridgehead atoms. The minimum Gasteiger partial charge on any atom is -0.379 e. The number of aromatic amines is 1. The largest absolute Gasteiger partial charge is 0.379 e. The highest BCUT2D eigenvalue weighted by molar-refractivity contribution is 5.52. The van der Waals surface area contributed by atoms with E-state index >= 15 is 0 Å². The molecule has 2 N–H and O–H groups in total. The Morgan fingerprint density at radius 1 is 1.24 bits per heavy atom. The molecule has 2 aromatic rings. The molecule has 0 aliphatic heterocycles. The molecular weight excluding hydrogens is 210 g/mol.